The number of ether oxygens (including phenoxy) is 2. The van der Waals surface area contributed by atoms with Gasteiger partial charge < -0.3 is 9.47 Å². The summed E-state index contributed by atoms with van der Waals surface area (Å²) in [5.74, 6) is -0.0288. The van der Waals surface area contributed by atoms with Gasteiger partial charge in [-0.25, -0.2) is 0 Å². The van der Waals surface area contributed by atoms with Gasteiger partial charge in [0.05, 0.1) is 19.9 Å². The fourth-order valence-electron chi connectivity index (χ4n) is 2.79. The van der Waals surface area contributed by atoms with Crippen molar-refractivity contribution in [2.75, 3.05) is 19.1 Å². The maximum Gasteiger partial charge on any atom is 0.270 e. The van der Waals surface area contributed by atoms with E-state index < -0.39 is 11.8 Å². The van der Waals surface area contributed by atoms with Gasteiger partial charge in [-0.2, -0.15) is 0 Å². The first kappa shape index (κ1) is 19.9. The van der Waals surface area contributed by atoms with E-state index in [4.69, 9.17) is 33.3 Å². The molecule has 0 radical (unpaired) electrons. The maximum atomic E-state index is 13.0. The number of carbonyl (C=O) groups is 2. The summed E-state index contributed by atoms with van der Waals surface area (Å²) in [6.45, 7) is 1.85. The molecule has 0 atom stereocenters. The molecule has 1 fully saturated rings. The molecule has 1 aliphatic rings. The van der Waals surface area contributed by atoms with Gasteiger partial charge in [-0.15, -0.1) is 0 Å². The van der Waals surface area contributed by atoms with Crippen molar-refractivity contribution in [3.8, 4) is 11.5 Å². The van der Waals surface area contributed by atoms with E-state index in [1.807, 2.05) is 6.92 Å². The van der Waals surface area contributed by atoms with Gasteiger partial charge in [0.1, 0.15) is 5.57 Å². The number of hydrogen-bond donors (Lipinski definition) is 1. The second-order valence-corrected chi connectivity index (χ2v) is 6.82. The Bertz CT molecular complexity index is 1000. The average Bonchev–Trinajstić information content (AvgIpc) is 2.67. The monoisotopic (exact) mass is 416 g/mol. The number of amides is 2. The second-order valence-electron chi connectivity index (χ2n) is 6.00. The van der Waals surface area contributed by atoms with Crippen molar-refractivity contribution in [3.05, 3.63) is 58.1 Å². The third kappa shape index (κ3) is 3.72. The molecule has 3 rings (SSSR count). The van der Waals surface area contributed by atoms with E-state index in [0.717, 1.165) is 5.56 Å². The number of benzene rings is 2. The van der Waals surface area contributed by atoms with E-state index in [1.54, 1.807) is 43.5 Å². The third-order valence-corrected chi connectivity index (χ3v) is 4.80. The van der Waals surface area contributed by atoms with Crippen LogP contribution >= 0.6 is 23.8 Å². The van der Waals surface area contributed by atoms with E-state index in [9.17, 15) is 9.59 Å². The SMILES string of the molecule is COc1cc(C)c(/C=C2\C(=O)NC(=S)N(c3ccc(Cl)cc3)C2=O)cc1OC. The Kier molecular flexibility index (Phi) is 5.67. The number of carbonyl (C=O) groups excluding carboxylic acids is 2. The minimum Gasteiger partial charge on any atom is -0.493 e. The lowest BCUT2D eigenvalue weighted by Crippen LogP contribution is -2.54. The zero-order valence-electron chi connectivity index (χ0n) is 15.4. The highest BCUT2D eigenvalue weighted by Crippen LogP contribution is 2.32. The van der Waals surface area contributed by atoms with Gasteiger partial charge in [0.25, 0.3) is 11.8 Å². The molecule has 1 aliphatic heterocycles. The number of anilines is 1. The van der Waals surface area contributed by atoms with E-state index in [0.29, 0.717) is 27.8 Å². The molecule has 28 heavy (non-hydrogen) atoms. The van der Waals surface area contributed by atoms with Crippen LogP contribution in [-0.4, -0.2) is 31.1 Å². The molecule has 2 aromatic carbocycles. The smallest absolute Gasteiger partial charge is 0.270 e. The van der Waals surface area contributed by atoms with Gasteiger partial charge in [-0.3, -0.25) is 19.8 Å². The van der Waals surface area contributed by atoms with Crippen LogP contribution in [0.15, 0.2) is 42.0 Å². The molecule has 0 bridgehead atoms. The van der Waals surface area contributed by atoms with Crippen molar-refractivity contribution in [2.45, 2.75) is 6.92 Å². The molecule has 0 aliphatic carbocycles. The van der Waals surface area contributed by atoms with Gasteiger partial charge >= 0.3 is 0 Å². The minimum absolute atomic E-state index is 0.0125. The number of thiocarbonyl (C=S) groups is 1. The lowest BCUT2D eigenvalue weighted by molar-refractivity contribution is -0.122. The average molecular weight is 417 g/mol. The molecule has 144 valence electrons. The molecule has 0 aromatic heterocycles. The number of methoxy groups -OCH3 is 2. The molecule has 0 spiro atoms. The standard InChI is InChI=1S/C20H17ClN2O4S/c1-11-8-16(26-2)17(27-3)10-12(11)9-15-18(24)22-20(28)23(19(15)25)14-6-4-13(21)5-7-14/h4-10H,1-3H3,(H,22,24,28)/b15-9+. The van der Waals surface area contributed by atoms with Crippen LogP contribution in [0.5, 0.6) is 11.5 Å². The normalized spacial score (nSPS) is 15.6. The number of rotatable bonds is 4. The van der Waals surface area contributed by atoms with Crippen LogP contribution in [0.2, 0.25) is 5.02 Å². The summed E-state index contributed by atoms with van der Waals surface area (Å²) in [4.78, 5) is 26.8. The van der Waals surface area contributed by atoms with Crippen LogP contribution in [0.25, 0.3) is 6.08 Å². The summed E-state index contributed by atoms with van der Waals surface area (Å²) in [5, 5.41) is 3.09. The Balaban J connectivity index is 2.05. The lowest BCUT2D eigenvalue weighted by atomic mass is 10.0. The van der Waals surface area contributed by atoms with Crippen molar-refractivity contribution >= 4 is 52.5 Å². The Labute approximate surface area is 172 Å². The third-order valence-electron chi connectivity index (χ3n) is 4.26. The Morgan fingerprint density at radius 3 is 2.29 bits per heavy atom. The van der Waals surface area contributed by atoms with Gasteiger partial charge in [0.15, 0.2) is 16.6 Å². The molecule has 6 nitrogen and oxygen atoms in total. The predicted octanol–water partition coefficient (Wildman–Crippen LogP) is 3.50. The summed E-state index contributed by atoms with van der Waals surface area (Å²) >= 11 is 11.1. The fourth-order valence-corrected chi connectivity index (χ4v) is 3.20. The maximum absolute atomic E-state index is 13.0. The molecular weight excluding hydrogens is 400 g/mol. The minimum atomic E-state index is -0.561. The highest BCUT2D eigenvalue weighted by atomic mass is 35.5. The van der Waals surface area contributed by atoms with Crippen LogP contribution in [0, 0.1) is 6.92 Å². The number of hydrogen-bond acceptors (Lipinski definition) is 5. The molecule has 0 unspecified atom stereocenters. The highest BCUT2D eigenvalue weighted by molar-refractivity contribution is 7.80. The van der Waals surface area contributed by atoms with Gasteiger partial charge in [0, 0.05) is 5.02 Å². The summed E-state index contributed by atoms with van der Waals surface area (Å²) in [5.41, 5.74) is 1.94. The molecule has 1 heterocycles. The number of aryl methyl sites for hydroxylation is 1. The van der Waals surface area contributed by atoms with E-state index in [-0.39, 0.29) is 10.7 Å². The van der Waals surface area contributed by atoms with Crippen molar-refractivity contribution in [1.82, 2.24) is 5.32 Å². The quantitative estimate of drug-likeness (QED) is 0.469. The van der Waals surface area contributed by atoms with Crippen LogP contribution in [0.4, 0.5) is 5.69 Å². The van der Waals surface area contributed by atoms with E-state index in [1.165, 1.54) is 18.1 Å². The largest absolute Gasteiger partial charge is 0.493 e. The predicted molar refractivity (Wildman–Crippen MR) is 112 cm³/mol. The summed E-state index contributed by atoms with van der Waals surface area (Å²) in [6.07, 6.45) is 1.51. The Morgan fingerprint density at radius 1 is 1.07 bits per heavy atom. The van der Waals surface area contributed by atoms with Gasteiger partial charge in [0.2, 0.25) is 0 Å². The first-order valence-corrected chi connectivity index (χ1v) is 9.04. The first-order valence-electron chi connectivity index (χ1n) is 8.25. The molecule has 1 N–H and O–H groups in total. The zero-order valence-corrected chi connectivity index (χ0v) is 17.0. The highest BCUT2D eigenvalue weighted by Gasteiger charge is 2.34. The zero-order chi connectivity index (χ0) is 20.4. The molecule has 1 saturated heterocycles. The van der Waals surface area contributed by atoms with Crippen molar-refractivity contribution in [3.63, 3.8) is 0 Å². The Hall–Kier alpha value is -2.90. The Morgan fingerprint density at radius 2 is 1.68 bits per heavy atom. The number of nitrogens with zero attached hydrogens (tertiary/aromatic N) is 1. The summed E-state index contributed by atoms with van der Waals surface area (Å²) in [7, 11) is 3.06. The van der Waals surface area contributed by atoms with Crippen molar-refractivity contribution in [2.24, 2.45) is 0 Å². The summed E-state index contributed by atoms with van der Waals surface area (Å²) < 4.78 is 10.6. The topological polar surface area (TPSA) is 67.9 Å². The molecule has 2 amide bonds. The molecular formula is C20H17ClN2O4S. The van der Waals surface area contributed by atoms with Crippen molar-refractivity contribution < 1.29 is 19.1 Å². The molecule has 0 saturated carbocycles. The molecule has 8 heteroatoms. The van der Waals surface area contributed by atoms with Crippen molar-refractivity contribution in [1.29, 1.82) is 0 Å². The number of nitrogens with one attached hydrogen (secondary N) is 1. The molecule has 2 aromatic rings. The van der Waals surface area contributed by atoms with Crippen LogP contribution in [-0.2, 0) is 9.59 Å². The first-order chi connectivity index (χ1) is 13.3. The lowest BCUT2D eigenvalue weighted by Gasteiger charge is -2.29. The van der Waals surface area contributed by atoms with Crippen LogP contribution < -0.4 is 19.7 Å². The fraction of sp³-hybridized carbons (Fsp3) is 0.150. The summed E-state index contributed by atoms with van der Waals surface area (Å²) in [6, 6.07) is 10.1. The van der Waals surface area contributed by atoms with Gasteiger partial charge in [-0.05, 0) is 72.7 Å². The van der Waals surface area contributed by atoms with E-state index >= 15 is 0 Å². The second kappa shape index (κ2) is 8.00. The van der Waals surface area contributed by atoms with Crippen LogP contribution in [0.1, 0.15) is 11.1 Å². The van der Waals surface area contributed by atoms with Gasteiger partial charge in [-0.1, -0.05) is 11.6 Å². The number of halogens is 1. The van der Waals surface area contributed by atoms with E-state index in [2.05, 4.69) is 5.32 Å². The van der Waals surface area contributed by atoms with Crippen LogP contribution in [0.3, 0.4) is 0 Å².